The average Bonchev–Trinajstić information content (AvgIpc) is 2.46. The third kappa shape index (κ3) is 3.97. The Hall–Kier alpha value is -1.06. The van der Waals surface area contributed by atoms with E-state index in [2.05, 4.69) is 12.2 Å². The topological polar surface area (TPSA) is 49.3 Å². The van der Waals surface area contributed by atoms with Gasteiger partial charge in [-0.3, -0.25) is 4.79 Å². The monoisotopic (exact) mass is 295 g/mol. The van der Waals surface area contributed by atoms with Crippen LogP contribution in [0.3, 0.4) is 0 Å². The lowest BCUT2D eigenvalue weighted by Gasteiger charge is -2.31. The smallest absolute Gasteiger partial charge is 0.306 e. The van der Waals surface area contributed by atoms with Crippen LogP contribution in [0.2, 0.25) is 5.02 Å². The zero-order valence-electron chi connectivity index (χ0n) is 11.8. The highest BCUT2D eigenvalue weighted by molar-refractivity contribution is 6.30. The molecule has 3 unspecified atom stereocenters. The first-order valence-corrected chi connectivity index (χ1v) is 7.72. The second-order valence-corrected chi connectivity index (χ2v) is 6.01. The van der Waals surface area contributed by atoms with Crippen LogP contribution in [0.1, 0.15) is 50.6 Å². The molecule has 1 aliphatic carbocycles. The molecule has 0 saturated heterocycles. The van der Waals surface area contributed by atoms with E-state index in [0.29, 0.717) is 6.04 Å². The molecule has 3 atom stereocenters. The molecule has 0 aromatic heterocycles. The molecule has 110 valence electrons. The Balaban J connectivity index is 1.99. The van der Waals surface area contributed by atoms with Gasteiger partial charge in [0, 0.05) is 17.1 Å². The molecular formula is C16H22ClNO2. The van der Waals surface area contributed by atoms with Gasteiger partial charge in [-0.2, -0.15) is 0 Å². The summed E-state index contributed by atoms with van der Waals surface area (Å²) in [5.74, 6) is -0.847. The third-order valence-electron chi connectivity index (χ3n) is 4.14. The lowest BCUT2D eigenvalue weighted by molar-refractivity contribution is -0.143. The van der Waals surface area contributed by atoms with Gasteiger partial charge in [-0.1, -0.05) is 37.1 Å². The van der Waals surface area contributed by atoms with Gasteiger partial charge in [-0.15, -0.1) is 0 Å². The van der Waals surface area contributed by atoms with Crippen molar-refractivity contribution < 1.29 is 9.90 Å². The molecular weight excluding hydrogens is 274 g/mol. The van der Waals surface area contributed by atoms with Crippen LogP contribution in [0.4, 0.5) is 0 Å². The summed E-state index contributed by atoms with van der Waals surface area (Å²) in [4.78, 5) is 11.1. The molecule has 1 aromatic rings. The highest BCUT2D eigenvalue weighted by Crippen LogP contribution is 2.27. The molecule has 2 N–H and O–H groups in total. The molecule has 0 spiro atoms. The van der Waals surface area contributed by atoms with Crippen LogP contribution >= 0.6 is 11.6 Å². The summed E-state index contributed by atoms with van der Waals surface area (Å²) < 4.78 is 0. The maximum atomic E-state index is 11.1. The molecule has 0 heterocycles. The zero-order valence-corrected chi connectivity index (χ0v) is 12.6. The van der Waals surface area contributed by atoms with Gasteiger partial charge in [-0.05, 0) is 43.4 Å². The molecule has 3 nitrogen and oxygen atoms in total. The number of carboxylic acid groups (broad SMARTS) is 1. The van der Waals surface area contributed by atoms with Crippen LogP contribution in [-0.2, 0) is 4.79 Å². The Bertz CT molecular complexity index is 446. The van der Waals surface area contributed by atoms with Crippen LogP contribution in [0.5, 0.6) is 0 Å². The number of hydrogen-bond donors (Lipinski definition) is 2. The summed E-state index contributed by atoms with van der Waals surface area (Å²) >= 11 is 5.92. The second kappa shape index (κ2) is 7.09. The van der Waals surface area contributed by atoms with Gasteiger partial charge in [-0.25, -0.2) is 0 Å². The molecule has 1 saturated carbocycles. The number of carbonyl (C=O) groups is 1. The van der Waals surface area contributed by atoms with Crippen LogP contribution in [0, 0.1) is 5.92 Å². The minimum atomic E-state index is -0.656. The molecule has 0 amide bonds. The van der Waals surface area contributed by atoms with Gasteiger partial charge in [0.25, 0.3) is 0 Å². The van der Waals surface area contributed by atoms with E-state index in [-0.39, 0.29) is 12.0 Å². The number of nitrogens with one attached hydrogen (secondary N) is 1. The summed E-state index contributed by atoms with van der Waals surface area (Å²) in [5, 5.41) is 13.5. The van der Waals surface area contributed by atoms with Crippen LogP contribution in [0.15, 0.2) is 24.3 Å². The second-order valence-electron chi connectivity index (χ2n) is 5.58. The quantitative estimate of drug-likeness (QED) is 0.862. The van der Waals surface area contributed by atoms with Crippen molar-refractivity contribution in [2.45, 2.75) is 51.1 Å². The normalized spacial score (nSPS) is 24.3. The predicted octanol–water partition coefficient (Wildman–Crippen LogP) is 4.02. The molecule has 1 aromatic carbocycles. The minimum absolute atomic E-state index is 0.191. The standard InChI is InChI=1S/C16H22ClNO2/c1-2-15(11-6-8-13(17)9-7-11)18-14-5-3-4-12(10-14)16(19)20/h6-9,12,14-15,18H,2-5,10H2,1H3,(H,19,20). The molecule has 4 heteroatoms. The van der Waals surface area contributed by atoms with Crippen LogP contribution < -0.4 is 5.32 Å². The Morgan fingerprint density at radius 3 is 2.70 bits per heavy atom. The van der Waals surface area contributed by atoms with Gasteiger partial charge in [0.2, 0.25) is 0 Å². The number of carboxylic acids is 1. The third-order valence-corrected chi connectivity index (χ3v) is 4.39. The fourth-order valence-corrected chi connectivity index (χ4v) is 3.12. The Morgan fingerprint density at radius 1 is 1.40 bits per heavy atom. The van der Waals surface area contributed by atoms with E-state index >= 15 is 0 Å². The van der Waals surface area contributed by atoms with Crippen molar-refractivity contribution in [1.29, 1.82) is 0 Å². The maximum Gasteiger partial charge on any atom is 0.306 e. The van der Waals surface area contributed by atoms with E-state index in [1.165, 1.54) is 5.56 Å². The molecule has 20 heavy (non-hydrogen) atoms. The molecule has 0 bridgehead atoms. The van der Waals surface area contributed by atoms with Crippen LogP contribution in [0.25, 0.3) is 0 Å². The first-order valence-electron chi connectivity index (χ1n) is 7.34. The fraction of sp³-hybridized carbons (Fsp3) is 0.562. The van der Waals surface area contributed by atoms with E-state index in [4.69, 9.17) is 16.7 Å². The van der Waals surface area contributed by atoms with Crippen molar-refractivity contribution >= 4 is 17.6 Å². The highest BCUT2D eigenvalue weighted by Gasteiger charge is 2.28. The minimum Gasteiger partial charge on any atom is -0.481 e. The first-order chi connectivity index (χ1) is 9.60. The lowest BCUT2D eigenvalue weighted by Crippen LogP contribution is -2.38. The summed E-state index contributed by atoms with van der Waals surface area (Å²) in [5.41, 5.74) is 1.22. The van der Waals surface area contributed by atoms with Crippen molar-refractivity contribution in [2.75, 3.05) is 0 Å². The molecule has 0 aliphatic heterocycles. The Labute approximate surface area is 125 Å². The zero-order chi connectivity index (χ0) is 14.5. The summed E-state index contributed by atoms with van der Waals surface area (Å²) in [6.07, 6.45) is 4.58. The first kappa shape index (κ1) is 15.3. The van der Waals surface area contributed by atoms with E-state index < -0.39 is 5.97 Å². The van der Waals surface area contributed by atoms with Crippen molar-refractivity contribution in [3.05, 3.63) is 34.9 Å². The number of halogens is 1. The Morgan fingerprint density at radius 2 is 2.10 bits per heavy atom. The van der Waals surface area contributed by atoms with Gasteiger partial charge < -0.3 is 10.4 Å². The predicted molar refractivity (Wildman–Crippen MR) is 81.0 cm³/mol. The van der Waals surface area contributed by atoms with Crippen molar-refractivity contribution in [3.8, 4) is 0 Å². The van der Waals surface area contributed by atoms with Crippen molar-refractivity contribution in [2.24, 2.45) is 5.92 Å². The molecule has 2 rings (SSSR count). The van der Waals surface area contributed by atoms with Gasteiger partial charge in [0.05, 0.1) is 5.92 Å². The number of benzene rings is 1. The summed E-state index contributed by atoms with van der Waals surface area (Å²) in [6, 6.07) is 8.46. The average molecular weight is 296 g/mol. The van der Waals surface area contributed by atoms with Gasteiger partial charge in [0.1, 0.15) is 0 Å². The van der Waals surface area contributed by atoms with E-state index in [1.54, 1.807) is 0 Å². The number of aliphatic carboxylic acids is 1. The number of rotatable bonds is 5. The van der Waals surface area contributed by atoms with E-state index in [1.807, 2.05) is 24.3 Å². The van der Waals surface area contributed by atoms with Crippen molar-refractivity contribution in [1.82, 2.24) is 5.32 Å². The van der Waals surface area contributed by atoms with Gasteiger partial charge in [0.15, 0.2) is 0 Å². The number of hydrogen-bond acceptors (Lipinski definition) is 2. The van der Waals surface area contributed by atoms with Crippen molar-refractivity contribution in [3.63, 3.8) is 0 Å². The van der Waals surface area contributed by atoms with E-state index in [9.17, 15) is 4.79 Å². The van der Waals surface area contributed by atoms with Gasteiger partial charge >= 0.3 is 5.97 Å². The van der Waals surface area contributed by atoms with Crippen LogP contribution in [-0.4, -0.2) is 17.1 Å². The molecule has 1 fully saturated rings. The maximum absolute atomic E-state index is 11.1. The molecule has 1 aliphatic rings. The van der Waals surface area contributed by atoms with E-state index in [0.717, 1.165) is 37.1 Å². The molecule has 0 radical (unpaired) electrons. The Kier molecular flexibility index (Phi) is 5.44. The lowest BCUT2D eigenvalue weighted by atomic mass is 9.85. The highest BCUT2D eigenvalue weighted by atomic mass is 35.5. The fourth-order valence-electron chi connectivity index (χ4n) is 2.99. The SMILES string of the molecule is CCC(NC1CCCC(C(=O)O)C1)c1ccc(Cl)cc1. The summed E-state index contributed by atoms with van der Waals surface area (Å²) in [6.45, 7) is 2.14. The summed E-state index contributed by atoms with van der Waals surface area (Å²) in [7, 11) is 0. The largest absolute Gasteiger partial charge is 0.481 e.